The number of nitrogens with zero attached hydrogens (tertiary/aromatic N) is 2. The van der Waals surface area contributed by atoms with Crippen molar-refractivity contribution in [3.63, 3.8) is 0 Å². The van der Waals surface area contributed by atoms with Crippen molar-refractivity contribution in [3.05, 3.63) is 15.9 Å². The maximum Gasteiger partial charge on any atom is 0.312 e. The minimum atomic E-state index is -3.52. The Hall–Kier alpha value is -1.17. The summed E-state index contributed by atoms with van der Waals surface area (Å²) < 4.78 is 27.2. The Kier molecular flexibility index (Phi) is 5.42. The molecule has 1 aromatic rings. The van der Waals surface area contributed by atoms with Gasteiger partial charge in [-0.3, -0.25) is 4.79 Å². The Morgan fingerprint density at radius 3 is 2.41 bits per heavy atom. The number of piperazine rings is 1. The van der Waals surface area contributed by atoms with E-state index in [0.717, 1.165) is 15.1 Å². The number of halogens is 1. The molecule has 11 heteroatoms. The molecule has 1 aliphatic heterocycles. The molecule has 0 aromatic carbocycles. The van der Waals surface area contributed by atoms with Crippen molar-refractivity contribution in [2.45, 2.75) is 4.21 Å². The molecule has 8 nitrogen and oxygen atoms in total. The van der Waals surface area contributed by atoms with Crippen LogP contribution in [0.25, 0.3) is 0 Å². The third-order valence-corrected chi connectivity index (χ3v) is 7.14. The number of nitrogens with two attached hydrogens (primary N) is 1. The van der Waals surface area contributed by atoms with Crippen molar-refractivity contribution in [1.29, 1.82) is 0 Å². The van der Waals surface area contributed by atoms with E-state index in [0.29, 0.717) is 0 Å². The number of thiophene rings is 1. The number of nitrogens with one attached hydrogen (secondary N) is 1. The fourth-order valence-electron chi connectivity index (χ4n) is 2.02. The third kappa shape index (κ3) is 3.97. The van der Waals surface area contributed by atoms with Gasteiger partial charge in [0, 0.05) is 26.2 Å². The van der Waals surface area contributed by atoms with E-state index in [1.54, 1.807) is 12.1 Å². The number of hydrogen-bond acceptors (Lipinski definition) is 5. The van der Waals surface area contributed by atoms with Gasteiger partial charge in [0.15, 0.2) is 0 Å². The summed E-state index contributed by atoms with van der Waals surface area (Å²) in [5.41, 5.74) is 4.90. The van der Waals surface area contributed by atoms with E-state index in [2.05, 4.69) is 21.2 Å². The Labute approximate surface area is 140 Å². The largest absolute Gasteiger partial charge is 0.352 e. The van der Waals surface area contributed by atoms with Crippen LogP contribution in [0, 0.1) is 0 Å². The van der Waals surface area contributed by atoms with Crippen molar-refractivity contribution in [3.8, 4) is 0 Å². The molecular formula is C11H15BrN4O4S2. The molecule has 2 heterocycles. The van der Waals surface area contributed by atoms with Gasteiger partial charge in [0.1, 0.15) is 4.21 Å². The van der Waals surface area contributed by atoms with Crippen LogP contribution in [0.2, 0.25) is 0 Å². The lowest BCUT2D eigenvalue weighted by molar-refractivity contribution is -0.131. The van der Waals surface area contributed by atoms with Crippen molar-refractivity contribution in [1.82, 2.24) is 14.5 Å². The highest BCUT2D eigenvalue weighted by Crippen LogP contribution is 2.28. The summed E-state index contributed by atoms with van der Waals surface area (Å²) in [6.07, 6.45) is 0. The zero-order chi connectivity index (χ0) is 16.3. The molecule has 22 heavy (non-hydrogen) atoms. The second-order valence-corrected chi connectivity index (χ2v) is 9.19. The van der Waals surface area contributed by atoms with Crippen LogP contribution in [0.4, 0.5) is 4.79 Å². The van der Waals surface area contributed by atoms with Gasteiger partial charge in [-0.15, -0.1) is 11.3 Å². The van der Waals surface area contributed by atoms with Gasteiger partial charge in [-0.05, 0) is 28.1 Å². The highest BCUT2D eigenvalue weighted by Gasteiger charge is 2.30. The smallest absolute Gasteiger partial charge is 0.312 e. The van der Waals surface area contributed by atoms with Crippen molar-refractivity contribution in [2.24, 2.45) is 5.73 Å². The first-order valence-electron chi connectivity index (χ1n) is 6.37. The highest BCUT2D eigenvalue weighted by molar-refractivity contribution is 9.11. The quantitative estimate of drug-likeness (QED) is 0.727. The number of carbonyl (C=O) groups is 2. The van der Waals surface area contributed by atoms with Gasteiger partial charge in [0.05, 0.1) is 10.3 Å². The molecule has 1 aromatic heterocycles. The molecule has 0 unspecified atom stereocenters. The van der Waals surface area contributed by atoms with Crippen LogP contribution in [0.1, 0.15) is 0 Å². The van der Waals surface area contributed by atoms with Crippen molar-refractivity contribution < 1.29 is 18.0 Å². The fraction of sp³-hybridized carbons (Fsp3) is 0.455. The molecule has 1 saturated heterocycles. The standard InChI is InChI=1S/C11H15BrN4O4S2/c12-8-1-2-10(21-8)22(19,20)16-5-3-15(4-6-16)9(17)7-14-11(13)18/h1-2H,3-7H2,(H3,13,14,18). The van der Waals surface area contributed by atoms with E-state index in [4.69, 9.17) is 5.73 Å². The van der Waals surface area contributed by atoms with Crippen molar-refractivity contribution in [2.75, 3.05) is 32.7 Å². The highest BCUT2D eigenvalue weighted by atomic mass is 79.9. The summed E-state index contributed by atoms with van der Waals surface area (Å²) in [5, 5.41) is 2.22. The van der Waals surface area contributed by atoms with Crippen molar-refractivity contribution >= 4 is 49.2 Å². The predicted molar refractivity (Wildman–Crippen MR) is 84.9 cm³/mol. The topological polar surface area (TPSA) is 113 Å². The van der Waals surface area contributed by atoms with Crippen LogP contribution < -0.4 is 11.1 Å². The molecular weight excluding hydrogens is 396 g/mol. The predicted octanol–water partition coefficient (Wildman–Crippen LogP) is 0.0118. The number of primary amides is 1. The minimum Gasteiger partial charge on any atom is -0.352 e. The number of amides is 3. The Morgan fingerprint density at radius 2 is 1.91 bits per heavy atom. The number of sulfonamides is 1. The summed E-state index contributed by atoms with van der Waals surface area (Å²) in [4.78, 5) is 23.9. The zero-order valence-electron chi connectivity index (χ0n) is 11.5. The molecule has 3 N–H and O–H groups in total. The van der Waals surface area contributed by atoms with Crippen LogP contribution in [0.15, 0.2) is 20.1 Å². The van der Waals surface area contributed by atoms with Gasteiger partial charge in [-0.25, -0.2) is 13.2 Å². The second kappa shape index (κ2) is 6.94. The third-order valence-electron chi connectivity index (χ3n) is 3.15. The lowest BCUT2D eigenvalue weighted by Crippen LogP contribution is -2.52. The minimum absolute atomic E-state index is 0.181. The lowest BCUT2D eigenvalue weighted by Gasteiger charge is -2.33. The number of carbonyl (C=O) groups excluding carboxylic acids is 2. The summed E-state index contributed by atoms with van der Waals surface area (Å²) in [6, 6.07) is 2.48. The SMILES string of the molecule is NC(=O)NCC(=O)N1CCN(S(=O)(=O)c2ccc(Br)s2)CC1. The van der Waals surface area contributed by atoms with Gasteiger partial charge >= 0.3 is 6.03 Å². The molecule has 1 fully saturated rings. The Balaban J connectivity index is 1.94. The van der Waals surface area contributed by atoms with Crippen LogP contribution in [-0.4, -0.2) is 62.3 Å². The first-order chi connectivity index (χ1) is 10.3. The van der Waals surface area contributed by atoms with Gasteiger partial charge in [0.25, 0.3) is 10.0 Å². The molecule has 0 bridgehead atoms. The maximum atomic E-state index is 12.4. The average Bonchev–Trinajstić information content (AvgIpc) is 2.92. The van der Waals surface area contributed by atoms with Crippen LogP contribution in [0.3, 0.4) is 0 Å². The summed E-state index contributed by atoms with van der Waals surface area (Å²) in [7, 11) is -3.52. The molecule has 3 amide bonds. The van der Waals surface area contributed by atoms with E-state index in [-0.39, 0.29) is 42.8 Å². The Morgan fingerprint density at radius 1 is 1.27 bits per heavy atom. The number of urea groups is 1. The number of hydrogen-bond donors (Lipinski definition) is 2. The van der Waals surface area contributed by atoms with E-state index < -0.39 is 16.1 Å². The molecule has 1 aliphatic rings. The first-order valence-corrected chi connectivity index (χ1v) is 9.42. The number of rotatable bonds is 4. The van der Waals surface area contributed by atoms with E-state index in [1.165, 1.54) is 9.21 Å². The maximum absolute atomic E-state index is 12.4. The molecule has 0 spiro atoms. The molecule has 0 radical (unpaired) electrons. The van der Waals surface area contributed by atoms with Gasteiger partial charge in [-0.2, -0.15) is 4.31 Å². The molecule has 0 atom stereocenters. The van der Waals surface area contributed by atoms with Gasteiger partial charge in [0.2, 0.25) is 5.91 Å². The van der Waals surface area contributed by atoms with Crippen LogP contribution in [0.5, 0.6) is 0 Å². The fourth-order valence-corrected chi connectivity index (χ4v) is 5.60. The van der Waals surface area contributed by atoms with Crippen LogP contribution >= 0.6 is 27.3 Å². The molecule has 2 rings (SSSR count). The molecule has 0 aliphatic carbocycles. The zero-order valence-corrected chi connectivity index (χ0v) is 14.7. The lowest BCUT2D eigenvalue weighted by atomic mass is 10.3. The Bertz CT molecular complexity index is 667. The van der Waals surface area contributed by atoms with Gasteiger partial charge < -0.3 is 16.0 Å². The van der Waals surface area contributed by atoms with E-state index in [9.17, 15) is 18.0 Å². The molecule has 0 saturated carbocycles. The summed E-state index contributed by atoms with van der Waals surface area (Å²) in [5.74, 6) is -0.283. The van der Waals surface area contributed by atoms with Crippen LogP contribution in [-0.2, 0) is 14.8 Å². The normalized spacial score (nSPS) is 16.5. The first kappa shape index (κ1) is 17.2. The average molecular weight is 411 g/mol. The monoisotopic (exact) mass is 410 g/mol. The molecule has 122 valence electrons. The van der Waals surface area contributed by atoms with E-state index in [1.807, 2.05) is 0 Å². The second-order valence-electron chi connectivity index (χ2n) is 4.56. The summed E-state index contributed by atoms with van der Waals surface area (Å²) in [6.45, 7) is 0.830. The summed E-state index contributed by atoms with van der Waals surface area (Å²) >= 11 is 4.40. The van der Waals surface area contributed by atoms with Gasteiger partial charge in [-0.1, -0.05) is 0 Å². The van der Waals surface area contributed by atoms with E-state index >= 15 is 0 Å².